The second-order valence-corrected chi connectivity index (χ2v) is 10.9. The Hall–Kier alpha value is -0.213. The summed E-state index contributed by atoms with van der Waals surface area (Å²) in [4.78, 5) is 30.3. The summed E-state index contributed by atoms with van der Waals surface area (Å²) < 4.78 is 0. The maximum absolute atomic E-state index is 10.2. The minimum atomic E-state index is -0.677. The molecule has 202 valence electrons. The van der Waals surface area contributed by atoms with Gasteiger partial charge in [0.05, 0.1) is 0 Å². The van der Waals surface area contributed by atoms with Crippen molar-refractivity contribution >= 4 is 17.9 Å². The van der Waals surface area contributed by atoms with Crippen LogP contribution in [0, 0.1) is 59.0 Å². The summed E-state index contributed by atoms with van der Waals surface area (Å²) in [5, 5.41) is 25.0. The summed E-state index contributed by atoms with van der Waals surface area (Å²) in [5.41, 5.74) is 0.392. The molecule has 0 spiro atoms. The topological polar surface area (TPSA) is 112 Å². The van der Waals surface area contributed by atoms with Gasteiger partial charge in [0.25, 0.3) is 0 Å². The first-order valence-corrected chi connectivity index (χ1v) is 12.8. The molecule has 0 bridgehead atoms. The second-order valence-electron chi connectivity index (χ2n) is 10.9. The third kappa shape index (κ3) is 53.2. The van der Waals surface area contributed by atoms with Crippen LogP contribution in [-0.2, 0) is 14.4 Å². The fourth-order valence-electron chi connectivity index (χ4n) is 2.94. The number of hydrogen-bond acceptors (Lipinski definition) is 3. The third-order valence-electron chi connectivity index (χ3n) is 4.91. The molecule has 3 N–H and O–H groups in total. The Balaban J connectivity index is -0.000000196. The van der Waals surface area contributed by atoms with E-state index in [2.05, 4.69) is 48.5 Å². The maximum atomic E-state index is 10.2. The normalized spacial score (nSPS) is 10.5. The molecule has 0 radical (unpaired) electrons. The van der Waals surface area contributed by atoms with E-state index in [9.17, 15) is 14.4 Å². The number of carbonyl (C=O) groups is 3. The fourth-order valence-corrected chi connectivity index (χ4v) is 2.94. The molecule has 0 saturated heterocycles. The Morgan fingerprint density at radius 3 is 1.15 bits per heavy atom. The Kier molecular flexibility index (Phi) is 33.0. The quantitative estimate of drug-likeness (QED) is 0.152. The zero-order valence-corrected chi connectivity index (χ0v) is 26.3. The zero-order valence-electron chi connectivity index (χ0n) is 23.1. The number of rotatable bonds is 16. The third-order valence-corrected chi connectivity index (χ3v) is 4.91. The van der Waals surface area contributed by atoms with E-state index >= 15 is 0 Å². The minimum Gasteiger partial charge on any atom is -0.481 e. The van der Waals surface area contributed by atoms with Gasteiger partial charge in [-0.1, -0.05) is 93.4 Å². The number of hydrogen-bond donors (Lipinski definition) is 3. The van der Waals surface area contributed by atoms with E-state index in [-0.39, 0.29) is 41.7 Å². The molecule has 0 aromatic heterocycles. The molecule has 0 unspecified atom stereocenters. The SMILES string of the molecule is CC(C)(C)CCCCCC(=O)O.CC(C)CCCCC(=O)O.CC(C)CCCCCC(=O)O.[Ce]. The molecular formula is C27H54CeO6. The van der Waals surface area contributed by atoms with Gasteiger partial charge in [0.1, 0.15) is 0 Å². The van der Waals surface area contributed by atoms with Crippen LogP contribution in [0.2, 0.25) is 0 Å². The van der Waals surface area contributed by atoms with Crippen molar-refractivity contribution in [3.63, 3.8) is 0 Å². The van der Waals surface area contributed by atoms with Crippen molar-refractivity contribution < 1.29 is 71.5 Å². The van der Waals surface area contributed by atoms with Gasteiger partial charge in [-0.2, -0.15) is 0 Å². The van der Waals surface area contributed by atoms with Gasteiger partial charge in [-0.25, -0.2) is 0 Å². The molecule has 0 rings (SSSR count). The molecular weight excluding hydrogens is 560 g/mol. The van der Waals surface area contributed by atoms with E-state index in [1.165, 1.54) is 19.3 Å². The Labute approximate surface area is 243 Å². The van der Waals surface area contributed by atoms with Crippen molar-refractivity contribution in [3.8, 4) is 0 Å². The van der Waals surface area contributed by atoms with Gasteiger partial charge in [-0.05, 0) is 42.9 Å². The van der Waals surface area contributed by atoms with Crippen LogP contribution in [0.4, 0.5) is 0 Å². The van der Waals surface area contributed by atoms with Gasteiger partial charge in [0.15, 0.2) is 0 Å². The summed E-state index contributed by atoms with van der Waals surface area (Å²) in [7, 11) is 0. The first-order chi connectivity index (χ1) is 15.2. The molecule has 0 aliphatic carbocycles. The first-order valence-electron chi connectivity index (χ1n) is 12.8. The second kappa shape index (κ2) is 27.4. The molecule has 0 atom stereocenters. The van der Waals surface area contributed by atoms with Crippen LogP contribution in [0.25, 0.3) is 0 Å². The fraction of sp³-hybridized carbons (Fsp3) is 0.889. The van der Waals surface area contributed by atoms with Crippen molar-refractivity contribution in [2.45, 2.75) is 138 Å². The molecule has 0 aromatic carbocycles. The summed E-state index contributed by atoms with van der Waals surface area (Å²) in [6.45, 7) is 15.3. The molecule has 7 heteroatoms. The van der Waals surface area contributed by atoms with Crippen LogP contribution in [0.1, 0.15) is 138 Å². The summed E-state index contributed by atoms with van der Waals surface area (Å²) in [6.07, 6.45) is 12.5. The molecule has 0 saturated carbocycles. The summed E-state index contributed by atoms with van der Waals surface area (Å²) in [6, 6.07) is 0. The monoisotopic (exact) mass is 614 g/mol. The van der Waals surface area contributed by atoms with Gasteiger partial charge in [0.2, 0.25) is 0 Å². The van der Waals surface area contributed by atoms with E-state index in [4.69, 9.17) is 15.3 Å². The number of carboxylic acid groups (broad SMARTS) is 3. The van der Waals surface area contributed by atoms with Crippen molar-refractivity contribution in [2.75, 3.05) is 0 Å². The van der Waals surface area contributed by atoms with Gasteiger partial charge in [-0.3, -0.25) is 14.4 Å². The zero-order chi connectivity index (χ0) is 26.3. The number of carboxylic acids is 3. The van der Waals surface area contributed by atoms with E-state index < -0.39 is 17.9 Å². The van der Waals surface area contributed by atoms with Crippen LogP contribution in [0.3, 0.4) is 0 Å². The average molecular weight is 615 g/mol. The molecule has 34 heavy (non-hydrogen) atoms. The predicted octanol–water partition coefficient (Wildman–Crippen LogP) is 8.03. The van der Waals surface area contributed by atoms with Crippen molar-refractivity contribution in [2.24, 2.45) is 17.3 Å². The predicted molar refractivity (Wildman–Crippen MR) is 137 cm³/mol. The van der Waals surface area contributed by atoms with Crippen LogP contribution >= 0.6 is 0 Å². The smallest absolute Gasteiger partial charge is 0.303 e. The van der Waals surface area contributed by atoms with Gasteiger partial charge in [0, 0.05) is 61.0 Å². The van der Waals surface area contributed by atoms with Crippen LogP contribution in [-0.4, -0.2) is 33.2 Å². The Morgan fingerprint density at radius 2 is 0.853 bits per heavy atom. The van der Waals surface area contributed by atoms with Gasteiger partial charge >= 0.3 is 17.9 Å². The average Bonchev–Trinajstić information content (AvgIpc) is 2.64. The number of aliphatic carboxylic acids is 3. The number of unbranched alkanes of at least 4 members (excludes halogenated alkanes) is 5. The molecule has 6 nitrogen and oxygen atoms in total. The maximum Gasteiger partial charge on any atom is 0.303 e. The standard InChI is InChI=1S/C10H20O2.C9H18O2.C8H16O2.Ce/c1-10(2,3)8-6-4-5-7-9(11)12;1-8(2)6-4-3-5-7-9(10)11;1-7(2)5-3-4-6-8(9)10;/h4-8H2,1-3H3,(H,11,12);8H,3-7H2,1-2H3,(H,10,11);7H,3-6H2,1-2H3,(H,9,10);. The first kappa shape index (κ1) is 40.9. The minimum absolute atomic E-state index is 0. The van der Waals surface area contributed by atoms with Crippen molar-refractivity contribution in [3.05, 3.63) is 0 Å². The Bertz CT molecular complexity index is 484. The summed E-state index contributed by atoms with van der Waals surface area (Å²) in [5.74, 6) is -0.572. The Morgan fingerprint density at radius 1 is 0.559 bits per heavy atom. The van der Waals surface area contributed by atoms with Crippen LogP contribution in [0.15, 0.2) is 0 Å². The largest absolute Gasteiger partial charge is 0.481 e. The van der Waals surface area contributed by atoms with Gasteiger partial charge in [-0.15, -0.1) is 0 Å². The van der Waals surface area contributed by atoms with Gasteiger partial charge < -0.3 is 15.3 Å². The van der Waals surface area contributed by atoms with E-state index in [1.54, 1.807) is 0 Å². The van der Waals surface area contributed by atoms with E-state index in [1.807, 2.05) is 0 Å². The van der Waals surface area contributed by atoms with E-state index in [0.717, 1.165) is 57.3 Å². The van der Waals surface area contributed by atoms with Crippen molar-refractivity contribution in [1.29, 1.82) is 0 Å². The molecule has 0 aromatic rings. The molecule has 0 aliphatic heterocycles. The van der Waals surface area contributed by atoms with Crippen molar-refractivity contribution in [1.82, 2.24) is 0 Å². The molecule has 0 aliphatic rings. The van der Waals surface area contributed by atoms with Crippen LogP contribution in [0.5, 0.6) is 0 Å². The van der Waals surface area contributed by atoms with E-state index in [0.29, 0.717) is 30.6 Å². The molecule has 0 heterocycles. The molecule has 0 amide bonds. The summed E-state index contributed by atoms with van der Waals surface area (Å²) >= 11 is 0. The molecule has 0 fully saturated rings. The van der Waals surface area contributed by atoms with Crippen LogP contribution < -0.4 is 0 Å².